The molecule has 0 amide bonds. The van der Waals surface area contributed by atoms with Gasteiger partial charge in [-0.05, 0) is 19.3 Å². The average molecular weight is 112 g/mol. The van der Waals surface area contributed by atoms with Gasteiger partial charge in [-0.3, -0.25) is 4.90 Å². The molecule has 2 fully saturated rings. The van der Waals surface area contributed by atoms with E-state index in [4.69, 9.17) is 5.73 Å². The first-order valence-electron chi connectivity index (χ1n) is 3.35. The highest BCUT2D eigenvalue weighted by atomic mass is 15.3. The van der Waals surface area contributed by atoms with Crippen LogP contribution in [0.4, 0.5) is 0 Å². The highest BCUT2D eigenvalue weighted by Crippen LogP contribution is 2.38. The van der Waals surface area contributed by atoms with Gasteiger partial charge in [0.25, 0.3) is 0 Å². The third-order valence-corrected chi connectivity index (χ3v) is 2.25. The van der Waals surface area contributed by atoms with Crippen molar-refractivity contribution in [1.29, 1.82) is 0 Å². The van der Waals surface area contributed by atoms with Gasteiger partial charge < -0.3 is 5.73 Å². The molecule has 0 spiro atoms. The van der Waals surface area contributed by atoms with E-state index in [0.717, 1.165) is 0 Å². The van der Waals surface area contributed by atoms with Gasteiger partial charge in [-0.2, -0.15) is 0 Å². The summed E-state index contributed by atoms with van der Waals surface area (Å²) in [4.78, 5) is 2.38. The van der Waals surface area contributed by atoms with E-state index in [1.165, 1.54) is 32.4 Å². The van der Waals surface area contributed by atoms with Gasteiger partial charge in [-0.1, -0.05) is 0 Å². The first-order valence-corrected chi connectivity index (χ1v) is 3.35. The van der Waals surface area contributed by atoms with Crippen LogP contribution in [0, 0.1) is 0 Å². The van der Waals surface area contributed by atoms with Crippen LogP contribution >= 0.6 is 0 Å². The van der Waals surface area contributed by atoms with Crippen LogP contribution in [0.2, 0.25) is 0 Å². The van der Waals surface area contributed by atoms with Crippen molar-refractivity contribution in [3.8, 4) is 0 Å². The quantitative estimate of drug-likeness (QED) is 0.523. The van der Waals surface area contributed by atoms with Crippen molar-refractivity contribution in [3.63, 3.8) is 0 Å². The Kier molecular flexibility index (Phi) is 0.746. The van der Waals surface area contributed by atoms with E-state index in [9.17, 15) is 0 Å². The number of hydrogen-bond acceptors (Lipinski definition) is 2. The van der Waals surface area contributed by atoms with Gasteiger partial charge in [0, 0.05) is 13.1 Å². The Hall–Kier alpha value is -0.0800. The Morgan fingerprint density at radius 1 is 1.25 bits per heavy atom. The molecule has 46 valence electrons. The first-order chi connectivity index (χ1) is 3.81. The molecule has 0 aromatic carbocycles. The van der Waals surface area contributed by atoms with Crippen molar-refractivity contribution in [1.82, 2.24) is 4.90 Å². The predicted molar refractivity (Wildman–Crippen MR) is 32.3 cm³/mol. The minimum Gasteiger partial charge on any atom is -0.313 e. The van der Waals surface area contributed by atoms with Gasteiger partial charge >= 0.3 is 0 Å². The zero-order valence-corrected chi connectivity index (χ0v) is 5.06. The van der Waals surface area contributed by atoms with Crippen LogP contribution in [0.5, 0.6) is 0 Å². The van der Waals surface area contributed by atoms with E-state index < -0.39 is 0 Å². The fourth-order valence-corrected chi connectivity index (χ4v) is 1.21. The lowest BCUT2D eigenvalue weighted by atomic mass is 10.2. The number of rotatable bonds is 1. The standard InChI is InChI=1S/C6H12N2/c7-6(2-3-6)8-4-1-5-8/h1-5,7H2. The average Bonchev–Trinajstić information content (AvgIpc) is 2.12. The molecule has 1 aliphatic heterocycles. The zero-order chi connectivity index (χ0) is 5.61. The maximum Gasteiger partial charge on any atom is 0.0689 e. The molecular weight excluding hydrogens is 100 g/mol. The molecule has 8 heavy (non-hydrogen) atoms. The molecular formula is C6H12N2. The van der Waals surface area contributed by atoms with Crippen molar-refractivity contribution < 1.29 is 0 Å². The van der Waals surface area contributed by atoms with Gasteiger partial charge in [0.2, 0.25) is 0 Å². The van der Waals surface area contributed by atoms with Gasteiger partial charge in [0.1, 0.15) is 0 Å². The summed E-state index contributed by atoms with van der Waals surface area (Å²) in [5, 5.41) is 0. The molecule has 2 aliphatic rings. The van der Waals surface area contributed by atoms with Gasteiger partial charge in [-0.15, -0.1) is 0 Å². The van der Waals surface area contributed by atoms with Crippen LogP contribution in [0.15, 0.2) is 0 Å². The number of likely N-dealkylation sites (tertiary alicyclic amines) is 1. The summed E-state index contributed by atoms with van der Waals surface area (Å²) in [7, 11) is 0. The lowest BCUT2D eigenvalue weighted by Gasteiger charge is -2.36. The Morgan fingerprint density at radius 3 is 2.00 bits per heavy atom. The summed E-state index contributed by atoms with van der Waals surface area (Å²) in [5.41, 5.74) is 6.06. The van der Waals surface area contributed by atoms with E-state index >= 15 is 0 Å². The SMILES string of the molecule is NC1(N2CCC2)CC1. The van der Waals surface area contributed by atoms with E-state index in [0.29, 0.717) is 0 Å². The molecule has 2 rings (SSSR count). The smallest absolute Gasteiger partial charge is 0.0689 e. The highest BCUT2D eigenvalue weighted by molar-refractivity contribution is 5.00. The molecule has 2 heteroatoms. The third kappa shape index (κ3) is 0.501. The van der Waals surface area contributed by atoms with Crippen LogP contribution in [-0.2, 0) is 0 Å². The summed E-state index contributed by atoms with van der Waals surface area (Å²) in [6, 6.07) is 0. The van der Waals surface area contributed by atoms with Crippen LogP contribution in [0.25, 0.3) is 0 Å². The van der Waals surface area contributed by atoms with Crippen LogP contribution in [-0.4, -0.2) is 23.7 Å². The predicted octanol–water partition coefficient (Wildman–Crippen LogP) is 0.141. The minimum atomic E-state index is 0.179. The number of nitrogens with two attached hydrogens (primary N) is 1. The second-order valence-electron chi connectivity index (χ2n) is 2.94. The maximum atomic E-state index is 5.88. The molecule has 0 aromatic heterocycles. The summed E-state index contributed by atoms with van der Waals surface area (Å²) in [6.45, 7) is 2.49. The summed E-state index contributed by atoms with van der Waals surface area (Å²) < 4.78 is 0. The topological polar surface area (TPSA) is 29.3 Å². The molecule has 2 nitrogen and oxygen atoms in total. The lowest BCUT2D eigenvalue weighted by molar-refractivity contribution is 0.105. The Morgan fingerprint density at radius 2 is 1.88 bits per heavy atom. The summed E-state index contributed by atoms with van der Waals surface area (Å²) in [6.07, 6.45) is 3.82. The monoisotopic (exact) mass is 112 g/mol. The largest absolute Gasteiger partial charge is 0.313 e. The van der Waals surface area contributed by atoms with E-state index in [1.807, 2.05) is 0 Å². The van der Waals surface area contributed by atoms with E-state index in [1.54, 1.807) is 0 Å². The van der Waals surface area contributed by atoms with Crippen molar-refractivity contribution in [3.05, 3.63) is 0 Å². The van der Waals surface area contributed by atoms with Crippen LogP contribution in [0.3, 0.4) is 0 Å². The molecule has 0 unspecified atom stereocenters. The highest BCUT2D eigenvalue weighted by Gasteiger charge is 2.45. The second-order valence-corrected chi connectivity index (χ2v) is 2.94. The Bertz CT molecular complexity index is 103. The van der Waals surface area contributed by atoms with Gasteiger partial charge in [0.15, 0.2) is 0 Å². The third-order valence-electron chi connectivity index (χ3n) is 2.25. The fourth-order valence-electron chi connectivity index (χ4n) is 1.21. The van der Waals surface area contributed by atoms with Crippen molar-refractivity contribution in [2.24, 2.45) is 5.73 Å². The zero-order valence-electron chi connectivity index (χ0n) is 5.06. The normalized spacial score (nSPS) is 34.1. The second kappa shape index (κ2) is 1.25. The molecule has 0 bridgehead atoms. The molecule has 1 heterocycles. The van der Waals surface area contributed by atoms with Gasteiger partial charge in [0.05, 0.1) is 5.66 Å². The number of nitrogens with zero attached hydrogens (tertiary/aromatic N) is 1. The molecule has 0 radical (unpaired) electrons. The van der Waals surface area contributed by atoms with Crippen LogP contribution < -0.4 is 5.73 Å². The van der Waals surface area contributed by atoms with Crippen molar-refractivity contribution in [2.75, 3.05) is 13.1 Å². The first kappa shape index (κ1) is 4.77. The molecule has 0 aromatic rings. The lowest BCUT2D eigenvalue weighted by Crippen LogP contribution is -2.51. The van der Waals surface area contributed by atoms with E-state index in [-0.39, 0.29) is 5.66 Å². The number of hydrogen-bond donors (Lipinski definition) is 1. The maximum absolute atomic E-state index is 5.88. The summed E-state index contributed by atoms with van der Waals surface area (Å²) >= 11 is 0. The molecule has 2 N–H and O–H groups in total. The molecule has 1 saturated carbocycles. The summed E-state index contributed by atoms with van der Waals surface area (Å²) in [5.74, 6) is 0. The molecule has 1 aliphatic carbocycles. The minimum absolute atomic E-state index is 0.179. The Balaban J connectivity index is 1.95. The van der Waals surface area contributed by atoms with Gasteiger partial charge in [-0.25, -0.2) is 0 Å². The van der Waals surface area contributed by atoms with Crippen LogP contribution in [0.1, 0.15) is 19.3 Å². The van der Waals surface area contributed by atoms with Crippen molar-refractivity contribution in [2.45, 2.75) is 24.9 Å². The van der Waals surface area contributed by atoms with Crippen molar-refractivity contribution >= 4 is 0 Å². The van der Waals surface area contributed by atoms with E-state index in [2.05, 4.69) is 4.90 Å². The molecule has 0 atom stereocenters. The Labute approximate surface area is 49.7 Å². The fraction of sp³-hybridized carbons (Fsp3) is 1.00. The molecule has 1 saturated heterocycles.